The lowest BCUT2D eigenvalue weighted by molar-refractivity contribution is -0.142. The first-order chi connectivity index (χ1) is 38.2. The minimum Gasteiger partial charge on any atom is -0.347 e. The molecule has 2 heterocycles. The molecule has 0 saturated carbocycles. The third-order valence-corrected chi connectivity index (χ3v) is 16.7. The van der Waals surface area contributed by atoms with Gasteiger partial charge < -0.3 is 52.3 Å². The second-order valence-corrected chi connectivity index (χ2v) is 21.9. The van der Waals surface area contributed by atoms with Crippen LogP contribution in [0.2, 0.25) is 0 Å². The van der Waals surface area contributed by atoms with Crippen LogP contribution < -0.4 is 42.5 Å². The van der Waals surface area contributed by atoms with Crippen LogP contribution in [0.3, 0.4) is 0 Å². The average Bonchev–Trinajstić information content (AvgIpc) is 4.39. The lowest BCUT2D eigenvalue weighted by Crippen LogP contribution is -2.55. The number of likely N-dealkylation sites (N-methyl/N-ethyl adjacent to an activating group) is 2. The van der Waals surface area contributed by atoms with Crippen molar-refractivity contribution in [3.05, 3.63) is 118 Å². The Morgan fingerprint density at radius 1 is 0.519 bits per heavy atom. The molecule has 2 saturated heterocycles. The number of carbonyl (C=O) groups is 8. The highest BCUT2D eigenvalue weighted by molar-refractivity contribution is 5.97. The molecule has 0 aromatic heterocycles. The van der Waals surface area contributed by atoms with Crippen molar-refractivity contribution in [1.82, 2.24) is 41.7 Å². The first kappa shape index (κ1) is 56.3. The number of likely N-dealkylation sites (tertiary alicyclic amines) is 2. The fourth-order valence-electron chi connectivity index (χ4n) is 12.1. The molecule has 0 unspecified atom stereocenters. The van der Waals surface area contributed by atoms with Crippen LogP contribution in [0.25, 0.3) is 11.1 Å². The van der Waals surface area contributed by atoms with Gasteiger partial charge in [-0.05, 0) is 180 Å². The third kappa shape index (κ3) is 13.2. The van der Waals surface area contributed by atoms with Crippen molar-refractivity contribution in [2.75, 3.05) is 37.8 Å². The zero-order valence-corrected chi connectivity index (χ0v) is 45.9. The molecule has 9 rings (SSSR count). The van der Waals surface area contributed by atoms with Gasteiger partial charge in [-0.15, -0.1) is 0 Å². The van der Waals surface area contributed by atoms with Crippen molar-refractivity contribution in [3.8, 4) is 11.1 Å². The molecule has 0 radical (unpaired) electrons. The molecular formula is C61H76N10O8. The number of fused-ring (bicyclic) bond motifs is 5. The van der Waals surface area contributed by atoms with Crippen molar-refractivity contribution >= 4 is 58.6 Å². The SMILES string of the molecule is CN[C@@H](C)C(=O)N[C@@H](CCC(=O)Nc1ccc2c(c1)Cc1cc(NC(=O)CC[C@H](NC(=O)[C@H](C)NC)C(=O)N3CCC[C@H]3C(=O)N[C@@H]3CCCc4ccccc43)ccc1-2)C(=O)N1CCC[C@H]1C(=O)N[C@@H]1CCCc2ccccc21. The number of hydrogen-bond acceptors (Lipinski definition) is 10. The smallest absolute Gasteiger partial charge is 0.245 e. The Morgan fingerprint density at radius 2 is 0.937 bits per heavy atom. The molecular weight excluding hydrogens is 1000 g/mol. The zero-order chi connectivity index (χ0) is 55.7. The largest absolute Gasteiger partial charge is 0.347 e. The maximum atomic E-state index is 14.3. The lowest BCUT2D eigenvalue weighted by atomic mass is 9.87. The molecule has 0 bridgehead atoms. The number of amides is 8. The van der Waals surface area contributed by atoms with E-state index in [1.165, 1.54) is 11.1 Å². The van der Waals surface area contributed by atoms with Crippen molar-refractivity contribution in [2.24, 2.45) is 0 Å². The Balaban J connectivity index is 0.789. The molecule has 2 aliphatic heterocycles. The molecule has 18 nitrogen and oxygen atoms in total. The molecule has 5 aliphatic rings. The topological polar surface area (TPSA) is 239 Å². The van der Waals surface area contributed by atoms with Crippen LogP contribution in [0.4, 0.5) is 11.4 Å². The van der Waals surface area contributed by atoms with E-state index in [0.717, 1.165) is 71.9 Å². The van der Waals surface area contributed by atoms with Gasteiger partial charge in [0.2, 0.25) is 47.3 Å². The van der Waals surface area contributed by atoms with E-state index in [9.17, 15) is 38.4 Å². The maximum absolute atomic E-state index is 14.3. The molecule has 0 spiro atoms. The van der Waals surface area contributed by atoms with Crippen LogP contribution >= 0.6 is 0 Å². The van der Waals surface area contributed by atoms with Gasteiger partial charge in [0.25, 0.3) is 0 Å². The van der Waals surface area contributed by atoms with E-state index < -0.39 is 59.9 Å². The summed E-state index contributed by atoms with van der Waals surface area (Å²) < 4.78 is 0. The predicted octanol–water partition coefficient (Wildman–Crippen LogP) is 5.25. The normalized spacial score (nSPS) is 20.5. The molecule has 79 heavy (non-hydrogen) atoms. The molecule has 8 amide bonds. The van der Waals surface area contributed by atoms with Gasteiger partial charge in [-0.25, -0.2) is 0 Å². The minimum absolute atomic E-state index is 0.0217. The summed E-state index contributed by atoms with van der Waals surface area (Å²) in [5.41, 5.74) is 9.70. The molecule has 18 heteroatoms. The number of nitrogens with zero attached hydrogens (tertiary/aromatic N) is 2. The molecule has 418 valence electrons. The fourth-order valence-corrected chi connectivity index (χ4v) is 12.1. The first-order valence-electron chi connectivity index (χ1n) is 28.4. The number of anilines is 2. The van der Waals surface area contributed by atoms with Gasteiger partial charge in [0.15, 0.2) is 0 Å². The Hall–Kier alpha value is -7.44. The monoisotopic (exact) mass is 1080 g/mol. The summed E-state index contributed by atoms with van der Waals surface area (Å²) in [6, 6.07) is 22.7. The van der Waals surface area contributed by atoms with Crippen molar-refractivity contribution < 1.29 is 38.4 Å². The second-order valence-electron chi connectivity index (χ2n) is 21.9. The Kier molecular flexibility index (Phi) is 18.2. The fraction of sp³-hybridized carbons (Fsp3) is 0.475. The third-order valence-electron chi connectivity index (χ3n) is 16.7. The Morgan fingerprint density at radius 3 is 1.35 bits per heavy atom. The van der Waals surface area contributed by atoms with Gasteiger partial charge in [0.1, 0.15) is 24.2 Å². The summed E-state index contributed by atoms with van der Waals surface area (Å²) in [7, 11) is 3.30. The standard InChI is InChI=1S/C61H76N10O8/c1-36(62-3)56(74)68-50(60(78)70-31-11-21-52(70)58(76)66-48-19-9-15-38-13-5-7-17-46(38)48)27-29-54(72)64-42-23-25-44-40(34-42)33-41-35-43(24-26-45(41)44)65-55(73)30-28-51(69-57(75)37(2)63-4)61(79)71-32-12-22-53(71)59(77)67-49-20-10-16-39-14-6-8-18-47(39)49/h5-8,13-14,17-18,23-26,34-37,48-53,62-63H,9-12,15-16,19-22,27-33H2,1-4H3,(H,64,72)(H,65,73)(H,66,76)(H,67,77)(H,68,74)(H,69,75)/t36-,37-,48+,49+,50-,51-,52-,53-/m0/s1. The van der Waals surface area contributed by atoms with Crippen LogP contribution in [-0.4, -0.2) is 120 Å². The van der Waals surface area contributed by atoms with E-state index in [0.29, 0.717) is 56.6 Å². The van der Waals surface area contributed by atoms with E-state index in [1.54, 1.807) is 37.7 Å². The van der Waals surface area contributed by atoms with E-state index in [4.69, 9.17) is 0 Å². The average molecular weight is 1080 g/mol. The van der Waals surface area contributed by atoms with Gasteiger partial charge in [0.05, 0.1) is 24.2 Å². The van der Waals surface area contributed by atoms with Crippen molar-refractivity contribution in [1.29, 1.82) is 0 Å². The van der Waals surface area contributed by atoms with E-state index >= 15 is 0 Å². The Bertz CT molecular complexity index is 2770. The van der Waals surface area contributed by atoms with Crippen LogP contribution in [0.15, 0.2) is 84.9 Å². The zero-order valence-electron chi connectivity index (χ0n) is 45.9. The number of nitrogens with one attached hydrogen (secondary N) is 8. The molecule has 3 aliphatic carbocycles. The summed E-state index contributed by atoms with van der Waals surface area (Å²) >= 11 is 0. The highest BCUT2D eigenvalue weighted by atomic mass is 16.2. The highest BCUT2D eigenvalue weighted by Crippen LogP contribution is 2.40. The lowest BCUT2D eigenvalue weighted by Gasteiger charge is -2.32. The molecule has 2 fully saturated rings. The highest BCUT2D eigenvalue weighted by Gasteiger charge is 2.41. The van der Waals surface area contributed by atoms with Crippen molar-refractivity contribution in [3.63, 3.8) is 0 Å². The van der Waals surface area contributed by atoms with Crippen molar-refractivity contribution in [2.45, 2.75) is 158 Å². The van der Waals surface area contributed by atoms with Gasteiger partial charge in [-0.3, -0.25) is 38.4 Å². The predicted molar refractivity (Wildman–Crippen MR) is 301 cm³/mol. The first-order valence-corrected chi connectivity index (χ1v) is 28.4. The summed E-state index contributed by atoms with van der Waals surface area (Å²) in [4.78, 5) is 113. The summed E-state index contributed by atoms with van der Waals surface area (Å²) in [6.45, 7) is 4.10. The van der Waals surface area contributed by atoms with Crippen LogP contribution in [0.1, 0.15) is 136 Å². The molecule has 4 aromatic carbocycles. The maximum Gasteiger partial charge on any atom is 0.245 e. The van der Waals surface area contributed by atoms with E-state index in [2.05, 4.69) is 54.7 Å². The van der Waals surface area contributed by atoms with Gasteiger partial charge in [0, 0.05) is 37.3 Å². The van der Waals surface area contributed by atoms with Crippen LogP contribution in [-0.2, 0) is 57.6 Å². The summed E-state index contributed by atoms with van der Waals surface area (Å²) in [6.07, 6.45) is 8.17. The molecule has 4 aromatic rings. The molecule has 8 N–H and O–H groups in total. The van der Waals surface area contributed by atoms with Gasteiger partial charge >= 0.3 is 0 Å². The number of hydrogen-bond donors (Lipinski definition) is 8. The van der Waals surface area contributed by atoms with E-state index in [-0.39, 0.29) is 61.4 Å². The number of rotatable bonds is 20. The van der Waals surface area contributed by atoms with Gasteiger partial charge in [-0.2, -0.15) is 0 Å². The number of aryl methyl sites for hydroxylation is 2. The number of carbonyl (C=O) groups excluding carboxylic acids is 8. The molecule has 8 atom stereocenters. The Labute approximate surface area is 462 Å². The summed E-state index contributed by atoms with van der Waals surface area (Å²) in [5, 5.41) is 23.9. The minimum atomic E-state index is -1.04. The van der Waals surface area contributed by atoms with E-state index in [1.807, 2.05) is 72.8 Å². The van der Waals surface area contributed by atoms with Gasteiger partial charge in [-0.1, -0.05) is 60.7 Å². The number of benzene rings is 4. The van der Waals surface area contributed by atoms with Crippen LogP contribution in [0.5, 0.6) is 0 Å². The quantitative estimate of drug-likeness (QED) is 0.0504. The second kappa shape index (κ2) is 25.6. The summed E-state index contributed by atoms with van der Waals surface area (Å²) in [5.74, 6) is -2.68. The van der Waals surface area contributed by atoms with Crippen LogP contribution in [0, 0.1) is 0 Å².